The number of esters is 1. The molecular weight excluding hydrogens is 889 g/mol. The Kier molecular flexibility index (Phi) is 10.6. The smallest absolute Gasteiger partial charge is 0.360 e. The van der Waals surface area contributed by atoms with Crippen LogP contribution in [0.2, 0.25) is 5.02 Å². The van der Waals surface area contributed by atoms with E-state index in [9.17, 15) is 36.3 Å². The molecule has 3 aliphatic rings. The summed E-state index contributed by atoms with van der Waals surface area (Å²) in [5, 5.41) is 10.3. The van der Waals surface area contributed by atoms with Crippen molar-refractivity contribution in [1.82, 2.24) is 9.97 Å². The van der Waals surface area contributed by atoms with E-state index in [4.69, 9.17) is 21.1 Å². The minimum atomic E-state index is -2.38. The largest absolute Gasteiger partial charge is 0.494 e. The second-order valence-corrected chi connectivity index (χ2v) is 16.3. The highest BCUT2D eigenvalue weighted by Crippen LogP contribution is 2.43. The van der Waals surface area contributed by atoms with Gasteiger partial charge < -0.3 is 38.9 Å². The van der Waals surface area contributed by atoms with Crippen LogP contribution >= 0.6 is 11.6 Å². The lowest BCUT2D eigenvalue weighted by Gasteiger charge is -2.21. The van der Waals surface area contributed by atoms with Crippen molar-refractivity contribution in [1.29, 1.82) is 0 Å². The van der Waals surface area contributed by atoms with Crippen LogP contribution in [0.4, 0.5) is 50.4 Å². The quantitative estimate of drug-likeness (QED) is 0.0366. The molecule has 0 radical (unpaired) electrons. The second-order valence-electron chi connectivity index (χ2n) is 15.9. The maximum absolute atomic E-state index is 14.2. The van der Waals surface area contributed by atoms with E-state index >= 15 is 0 Å². The number of carbonyl (C=O) groups excluding carboxylic acids is 3. The van der Waals surface area contributed by atoms with Crippen LogP contribution in [0.3, 0.4) is 0 Å². The van der Waals surface area contributed by atoms with Crippen molar-refractivity contribution in [3.63, 3.8) is 0 Å². The number of carbonyl (C=O) groups is 3. The standard InChI is InChI=1S/C47H35ClF5N7O6/c1-64-37-21-36(58-13-3-4-14-58)38(65-2)20-31(37)57-56-30-6-5-22(17-27(30)48)45(61)59-15-11-23-25-18-32(54-28(25)7-9-34(23)59)46(62)60-16-12-24-26-19-33(55-29(26)8-10-35(24)60)47(63)66-44-42(52)40(50)39(49)41(51)43(44)53/h5-10,17-21,54-55H,3-4,11-16H2,1-2H3. The van der Waals surface area contributed by atoms with Gasteiger partial charge in [0.25, 0.3) is 11.8 Å². The van der Waals surface area contributed by atoms with Crippen molar-refractivity contribution in [3.05, 3.63) is 129 Å². The first-order valence-corrected chi connectivity index (χ1v) is 21.1. The van der Waals surface area contributed by atoms with E-state index in [-0.39, 0.29) is 29.1 Å². The molecule has 2 N–H and O–H groups in total. The number of fused-ring (bicyclic) bond motifs is 6. The Morgan fingerprint density at radius 1 is 0.606 bits per heavy atom. The Bertz CT molecular complexity index is 3210. The van der Waals surface area contributed by atoms with Crippen LogP contribution in [0.1, 0.15) is 55.3 Å². The molecule has 10 rings (SSSR count). The zero-order valence-electron chi connectivity index (χ0n) is 35.0. The van der Waals surface area contributed by atoms with Gasteiger partial charge in [0.05, 0.1) is 24.9 Å². The second kappa shape index (κ2) is 16.5. The third-order valence-corrected chi connectivity index (χ3v) is 12.5. The molecule has 13 nitrogen and oxygen atoms in total. The first-order chi connectivity index (χ1) is 31.8. The zero-order chi connectivity index (χ0) is 46.1. The number of azo groups is 1. The van der Waals surface area contributed by atoms with E-state index < -0.39 is 40.8 Å². The van der Waals surface area contributed by atoms with Gasteiger partial charge in [-0.2, -0.15) is 8.78 Å². The fourth-order valence-electron chi connectivity index (χ4n) is 8.97. The van der Waals surface area contributed by atoms with Crippen LogP contribution in [0.15, 0.2) is 77.0 Å². The predicted molar refractivity (Wildman–Crippen MR) is 235 cm³/mol. The van der Waals surface area contributed by atoms with Crippen molar-refractivity contribution in [2.45, 2.75) is 25.7 Å². The molecule has 2 aromatic heterocycles. The van der Waals surface area contributed by atoms with Gasteiger partial charge >= 0.3 is 5.97 Å². The van der Waals surface area contributed by atoms with Crippen molar-refractivity contribution in [3.8, 4) is 17.2 Å². The maximum atomic E-state index is 14.2. The van der Waals surface area contributed by atoms with Gasteiger partial charge in [-0.15, -0.1) is 10.2 Å². The third-order valence-electron chi connectivity index (χ3n) is 12.2. The van der Waals surface area contributed by atoms with Gasteiger partial charge in [-0.05, 0) is 91.4 Å². The third kappa shape index (κ3) is 7.02. The molecule has 0 atom stereocenters. The van der Waals surface area contributed by atoms with E-state index in [2.05, 4.69) is 29.8 Å². The molecule has 0 unspecified atom stereocenters. The van der Waals surface area contributed by atoms with Crippen LogP contribution in [0.25, 0.3) is 21.8 Å². The average molecular weight is 924 g/mol. The maximum Gasteiger partial charge on any atom is 0.360 e. The average Bonchev–Trinajstić information content (AvgIpc) is 4.19. The Balaban J connectivity index is 0.853. The highest BCUT2D eigenvalue weighted by Gasteiger charge is 2.33. The number of H-pyrrole nitrogens is 2. The van der Waals surface area contributed by atoms with Crippen molar-refractivity contribution >= 4 is 79.6 Å². The number of aromatic amines is 2. The highest BCUT2D eigenvalue weighted by atomic mass is 35.5. The molecule has 336 valence electrons. The number of methoxy groups -OCH3 is 2. The van der Waals surface area contributed by atoms with Gasteiger partial charge in [0, 0.05) is 77.1 Å². The lowest BCUT2D eigenvalue weighted by atomic mass is 10.1. The first kappa shape index (κ1) is 42.5. The van der Waals surface area contributed by atoms with Crippen molar-refractivity contribution < 1.29 is 50.5 Å². The summed E-state index contributed by atoms with van der Waals surface area (Å²) in [4.78, 5) is 52.4. The number of benzene rings is 5. The molecule has 7 aromatic rings. The summed E-state index contributed by atoms with van der Waals surface area (Å²) in [7, 11) is 3.17. The molecule has 0 aliphatic carbocycles. The molecule has 1 saturated heterocycles. The SMILES string of the molecule is COc1cc(N2CCCC2)c(OC)cc1N=Nc1ccc(C(=O)N2CCc3c2ccc2[nH]c(C(=O)N4CCc5c4ccc4[nH]c(C(=O)Oc6c(F)c(F)c(F)c(F)c6F)cc54)cc32)cc1Cl. The Labute approximate surface area is 376 Å². The van der Waals surface area contributed by atoms with E-state index in [0.29, 0.717) is 86.9 Å². The minimum Gasteiger partial charge on any atom is -0.494 e. The van der Waals surface area contributed by atoms with Gasteiger partial charge in [0.15, 0.2) is 0 Å². The Morgan fingerprint density at radius 2 is 1.17 bits per heavy atom. The molecule has 66 heavy (non-hydrogen) atoms. The summed E-state index contributed by atoms with van der Waals surface area (Å²) in [6, 6.07) is 18.5. The number of rotatable bonds is 9. The molecular formula is C47H35ClF5N7O6. The molecule has 5 aromatic carbocycles. The van der Waals surface area contributed by atoms with Crippen LogP contribution in [0, 0.1) is 29.1 Å². The summed E-state index contributed by atoms with van der Waals surface area (Å²) in [6.07, 6.45) is 3.10. The lowest BCUT2D eigenvalue weighted by molar-refractivity contribution is 0.0710. The minimum absolute atomic E-state index is 0.224. The zero-order valence-corrected chi connectivity index (χ0v) is 35.7. The van der Waals surface area contributed by atoms with Gasteiger partial charge in [-0.1, -0.05) is 11.6 Å². The number of hydrogen-bond acceptors (Lipinski definition) is 9. The van der Waals surface area contributed by atoms with E-state index in [0.717, 1.165) is 42.6 Å². The molecule has 3 aliphatic heterocycles. The number of hydrogen-bond donors (Lipinski definition) is 2. The predicted octanol–water partition coefficient (Wildman–Crippen LogP) is 10.7. The summed E-state index contributed by atoms with van der Waals surface area (Å²) in [5.41, 5.74) is 5.97. The molecule has 0 spiro atoms. The number of ether oxygens (including phenoxy) is 3. The number of nitrogens with one attached hydrogen (secondary N) is 2. The number of anilines is 3. The molecule has 5 heterocycles. The van der Waals surface area contributed by atoms with Gasteiger partial charge in [-0.25, -0.2) is 18.0 Å². The lowest BCUT2D eigenvalue weighted by Crippen LogP contribution is -2.29. The normalized spacial score (nSPS) is 14.5. The molecule has 1 fully saturated rings. The van der Waals surface area contributed by atoms with E-state index in [1.54, 1.807) is 66.5 Å². The Hall–Kier alpha value is -7.47. The number of nitrogens with zero attached hydrogens (tertiary/aromatic N) is 5. The van der Waals surface area contributed by atoms with Gasteiger partial charge in [-0.3, -0.25) is 9.59 Å². The topological polar surface area (TPSA) is 145 Å². The number of halogens is 6. The van der Waals surface area contributed by atoms with Crippen LogP contribution in [0.5, 0.6) is 17.2 Å². The summed E-state index contributed by atoms with van der Waals surface area (Å²) in [6.45, 7) is 2.51. The fourth-order valence-corrected chi connectivity index (χ4v) is 9.19. The molecule has 2 amide bonds. The molecule has 0 saturated carbocycles. The van der Waals surface area contributed by atoms with Crippen molar-refractivity contribution in [2.24, 2.45) is 10.2 Å². The highest BCUT2D eigenvalue weighted by molar-refractivity contribution is 6.33. The number of amides is 2. The van der Waals surface area contributed by atoms with Crippen molar-refractivity contribution in [2.75, 3.05) is 55.1 Å². The van der Waals surface area contributed by atoms with E-state index in [1.807, 2.05) is 18.2 Å². The summed E-state index contributed by atoms with van der Waals surface area (Å²) < 4.78 is 85.4. The monoisotopic (exact) mass is 923 g/mol. The summed E-state index contributed by atoms with van der Waals surface area (Å²) >= 11 is 6.68. The van der Waals surface area contributed by atoms with Gasteiger partial charge in [0.1, 0.15) is 34.3 Å². The molecule has 0 bridgehead atoms. The van der Waals surface area contributed by atoms with E-state index in [1.165, 1.54) is 6.07 Å². The van der Waals surface area contributed by atoms with Crippen LogP contribution in [-0.2, 0) is 12.8 Å². The van der Waals surface area contributed by atoms with Crippen LogP contribution < -0.4 is 28.9 Å². The molecule has 19 heteroatoms. The fraction of sp³-hybridized carbons (Fsp3) is 0.213. The Morgan fingerprint density at radius 3 is 1.77 bits per heavy atom. The van der Waals surface area contributed by atoms with Crippen LogP contribution in [-0.4, -0.2) is 68.2 Å². The first-order valence-electron chi connectivity index (χ1n) is 20.7. The summed E-state index contributed by atoms with van der Waals surface area (Å²) in [5.74, 6) is -14.0. The number of aromatic nitrogens is 2. The van der Waals surface area contributed by atoms with Gasteiger partial charge in [0.2, 0.25) is 34.8 Å².